The number of hydrogen-bond donors (Lipinski definition) is 2. The van der Waals surface area contributed by atoms with Crippen molar-refractivity contribution in [1.29, 1.82) is 0 Å². The van der Waals surface area contributed by atoms with Gasteiger partial charge in [0, 0.05) is 12.1 Å². The molecule has 2 amide bonds. The lowest BCUT2D eigenvalue weighted by molar-refractivity contribution is -0.131. The van der Waals surface area contributed by atoms with E-state index in [9.17, 15) is 14.7 Å². The predicted octanol–water partition coefficient (Wildman–Crippen LogP) is 0.621. The second kappa shape index (κ2) is 4.67. The molecule has 0 aromatic heterocycles. The fraction of sp³-hybridized carbons (Fsp3) is 0.846. The fourth-order valence-electron chi connectivity index (χ4n) is 3.16. The molecule has 3 N–H and O–H groups in total. The molecule has 0 radical (unpaired) electrons. The number of rotatable bonds is 1. The molecule has 2 heterocycles. The minimum Gasteiger partial charge on any atom is -0.444 e. The summed E-state index contributed by atoms with van der Waals surface area (Å²) in [7, 11) is 0. The normalized spacial score (nSPS) is 34.2. The molecular formula is C13H22N2O4. The maximum atomic E-state index is 12.2. The van der Waals surface area contributed by atoms with E-state index in [2.05, 4.69) is 0 Å². The van der Waals surface area contributed by atoms with Crippen molar-refractivity contribution in [3.63, 3.8) is 0 Å². The van der Waals surface area contributed by atoms with Gasteiger partial charge in [-0.3, -0.25) is 4.79 Å². The number of piperidine rings is 1. The first-order valence-electron chi connectivity index (χ1n) is 6.69. The molecule has 0 saturated carbocycles. The summed E-state index contributed by atoms with van der Waals surface area (Å²) in [5.74, 6) is -1.24. The van der Waals surface area contributed by atoms with Crippen molar-refractivity contribution in [3.05, 3.63) is 0 Å². The molecule has 2 aliphatic rings. The molecule has 4 atom stereocenters. The van der Waals surface area contributed by atoms with Gasteiger partial charge in [0.2, 0.25) is 5.91 Å². The van der Waals surface area contributed by atoms with E-state index in [4.69, 9.17) is 10.5 Å². The van der Waals surface area contributed by atoms with Crippen LogP contribution < -0.4 is 5.73 Å². The Balaban J connectivity index is 2.18. The standard InChI is InChI=1S/C13H22N2O4/c1-13(2,3)19-12(18)15-7-4-5-8(15)10(11(14)17)9(16)6-7/h7-10,16H,4-6H2,1-3H3,(H2,14,17)/t7-,8+,9-,10+/m1/s1. The van der Waals surface area contributed by atoms with Crippen LogP contribution in [0.5, 0.6) is 0 Å². The van der Waals surface area contributed by atoms with Gasteiger partial charge < -0.3 is 20.5 Å². The van der Waals surface area contributed by atoms with Crippen LogP contribution in [0.1, 0.15) is 40.0 Å². The van der Waals surface area contributed by atoms with Crippen LogP contribution in [0.4, 0.5) is 4.79 Å². The molecule has 2 fully saturated rings. The van der Waals surface area contributed by atoms with Crippen molar-refractivity contribution in [2.75, 3.05) is 0 Å². The van der Waals surface area contributed by atoms with E-state index in [1.165, 1.54) is 0 Å². The molecule has 108 valence electrons. The number of ether oxygens (including phenoxy) is 1. The maximum Gasteiger partial charge on any atom is 0.410 e. The number of nitrogens with zero attached hydrogens (tertiary/aromatic N) is 1. The Morgan fingerprint density at radius 1 is 1.32 bits per heavy atom. The van der Waals surface area contributed by atoms with E-state index in [-0.39, 0.29) is 12.1 Å². The van der Waals surface area contributed by atoms with Gasteiger partial charge in [-0.2, -0.15) is 0 Å². The first-order valence-corrected chi connectivity index (χ1v) is 6.69. The zero-order valence-corrected chi connectivity index (χ0v) is 11.6. The Morgan fingerprint density at radius 2 is 1.95 bits per heavy atom. The van der Waals surface area contributed by atoms with Gasteiger partial charge in [0.15, 0.2) is 0 Å². The predicted molar refractivity (Wildman–Crippen MR) is 68.2 cm³/mol. The SMILES string of the molecule is CC(C)(C)OC(=O)N1[C@@H]2CC[C@H]1[C@H](C(N)=O)[C@H](O)C2. The number of aliphatic hydroxyl groups is 1. The molecule has 6 heteroatoms. The number of hydrogen-bond acceptors (Lipinski definition) is 4. The van der Waals surface area contributed by atoms with Gasteiger partial charge in [-0.1, -0.05) is 0 Å². The van der Waals surface area contributed by atoms with Crippen LogP contribution in [-0.4, -0.2) is 45.8 Å². The zero-order valence-electron chi connectivity index (χ0n) is 11.6. The Labute approximate surface area is 112 Å². The Kier molecular flexibility index (Phi) is 3.47. The molecule has 0 unspecified atom stereocenters. The van der Waals surface area contributed by atoms with E-state index in [0.29, 0.717) is 12.8 Å². The van der Waals surface area contributed by atoms with E-state index in [1.807, 2.05) is 0 Å². The van der Waals surface area contributed by atoms with Crippen LogP contribution in [-0.2, 0) is 9.53 Å². The summed E-state index contributed by atoms with van der Waals surface area (Å²) < 4.78 is 5.37. The van der Waals surface area contributed by atoms with Crippen LogP contribution in [0.15, 0.2) is 0 Å². The quantitative estimate of drug-likeness (QED) is 0.730. The summed E-state index contributed by atoms with van der Waals surface area (Å²) in [5.41, 5.74) is 4.78. The van der Waals surface area contributed by atoms with Crippen LogP contribution >= 0.6 is 0 Å². The topological polar surface area (TPSA) is 92.9 Å². The highest BCUT2D eigenvalue weighted by Crippen LogP contribution is 2.40. The van der Waals surface area contributed by atoms with Crippen molar-refractivity contribution in [1.82, 2.24) is 4.90 Å². The third kappa shape index (κ3) is 2.68. The molecule has 0 spiro atoms. The highest BCUT2D eigenvalue weighted by atomic mass is 16.6. The van der Waals surface area contributed by atoms with Gasteiger partial charge >= 0.3 is 6.09 Å². The second-order valence-corrected chi connectivity index (χ2v) is 6.42. The van der Waals surface area contributed by atoms with E-state index in [1.54, 1.807) is 25.7 Å². The maximum absolute atomic E-state index is 12.2. The molecule has 0 aliphatic carbocycles. The summed E-state index contributed by atoms with van der Waals surface area (Å²) in [5, 5.41) is 9.97. The summed E-state index contributed by atoms with van der Waals surface area (Å²) in [6, 6.07) is -0.383. The highest BCUT2D eigenvalue weighted by Gasteiger charge is 2.51. The number of amides is 2. The third-order valence-corrected chi connectivity index (χ3v) is 3.82. The van der Waals surface area contributed by atoms with Crippen LogP contribution in [0.2, 0.25) is 0 Å². The molecule has 0 aromatic carbocycles. The van der Waals surface area contributed by atoms with Crippen molar-refractivity contribution in [2.45, 2.75) is 63.8 Å². The van der Waals surface area contributed by atoms with E-state index < -0.39 is 29.6 Å². The second-order valence-electron chi connectivity index (χ2n) is 6.42. The first-order chi connectivity index (χ1) is 8.70. The highest BCUT2D eigenvalue weighted by molar-refractivity contribution is 5.80. The lowest BCUT2D eigenvalue weighted by Gasteiger charge is -2.41. The summed E-state index contributed by atoms with van der Waals surface area (Å²) >= 11 is 0. The summed E-state index contributed by atoms with van der Waals surface area (Å²) in [6.07, 6.45) is 0.690. The van der Waals surface area contributed by atoms with Gasteiger partial charge in [0.05, 0.1) is 12.0 Å². The van der Waals surface area contributed by atoms with E-state index >= 15 is 0 Å². The summed E-state index contributed by atoms with van der Waals surface area (Å²) in [4.78, 5) is 25.3. The molecule has 2 rings (SSSR count). The average Bonchev–Trinajstić information content (AvgIpc) is 2.51. The zero-order chi connectivity index (χ0) is 14.4. The molecule has 19 heavy (non-hydrogen) atoms. The van der Waals surface area contributed by atoms with Gasteiger partial charge in [0.25, 0.3) is 0 Å². The number of fused-ring (bicyclic) bond motifs is 2. The largest absolute Gasteiger partial charge is 0.444 e. The minimum atomic E-state index is -0.756. The molecular weight excluding hydrogens is 248 g/mol. The summed E-state index contributed by atoms with van der Waals surface area (Å²) in [6.45, 7) is 5.41. The Hall–Kier alpha value is -1.30. The lowest BCUT2D eigenvalue weighted by atomic mass is 9.87. The van der Waals surface area contributed by atoms with Gasteiger partial charge in [0.1, 0.15) is 5.60 Å². The van der Waals surface area contributed by atoms with Crippen LogP contribution in [0, 0.1) is 5.92 Å². The van der Waals surface area contributed by atoms with Crippen LogP contribution in [0.25, 0.3) is 0 Å². The number of primary amides is 1. The Morgan fingerprint density at radius 3 is 2.47 bits per heavy atom. The van der Waals surface area contributed by atoms with Crippen LogP contribution in [0.3, 0.4) is 0 Å². The average molecular weight is 270 g/mol. The fourth-order valence-corrected chi connectivity index (χ4v) is 3.16. The molecule has 2 aliphatic heterocycles. The molecule has 0 aromatic rings. The minimum absolute atomic E-state index is 0.0505. The lowest BCUT2D eigenvalue weighted by Crippen LogP contribution is -2.57. The molecule has 6 nitrogen and oxygen atoms in total. The third-order valence-electron chi connectivity index (χ3n) is 3.82. The Bertz CT molecular complexity index is 391. The van der Waals surface area contributed by atoms with Crippen molar-refractivity contribution >= 4 is 12.0 Å². The first kappa shape index (κ1) is 14.1. The number of aliphatic hydroxyl groups excluding tert-OH is 1. The molecule has 2 saturated heterocycles. The van der Waals surface area contributed by atoms with Crippen molar-refractivity contribution in [3.8, 4) is 0 Å². The molecule has 2 bridgehead atoms. The number of nitrogens with two attached hydrogens (primary N) is 1. The van der Waals surface area contributed by atoms with Crippen molar-refractivity contribution in [2.24, 2.45) is 11.7 Å². The van der Waals surface area contributed by atoms with Crippen molar-refractivity contribution < 1.29 is 19.4 Å². The van der Waals surface area contributed by atoms with E-state index in [0.717, 1.165) is 6.42 Å². The smallest absolute Gasteiger partial charge is 0.410 e. The van der Waals surface area contributed by atoms with Gasteiger partial charge in [-0.15, -0.1) is 0 Å². The number of carbonyl (C=O) groups excluding carboxylic acids is 2. The number of carbonyl (C=O) groups is 2. The van der Waals surface area contributed by atoms with Gasteiger partial charge in [-0.25, -0.2) is 4.79 Å². The monoisotopic (exact) mass is 270 g/mol. The van der Waals surface area contributed by atoms with Gasteiger partial charge in [-0.05, 0) is 40.0 Å².